The van der Waals surface area contributed by atoms with E-state index in [1.165, 1.54) is 57.4 Å². The summed E-state index contributed by atoms with van der Waals surface area (Å²) < 4.78 is 0. The van der Waals surface area contributed by atoms with E-state index < -0.39 is 0 Å². The quantitative estimate of drug-likeness (QED) is 0.337. The van der Waals surface area contributed by atoms with Crippen LogP contribution in [0.2, 0.25) is 0 Å². The molecule has 1 saturated carbocycles. The first-order chi connectivity index (χ1) is 11.7. The molecule has 0 heterocycles. The van der Waals surface area contributed by atoms with Crippen LogP contribution >= 0.6 is 0 Å². The highest BCUT2D eigenvalue weighted by molar-refractivity contribution is 5.80. The number of aliphatic imine (C=N–C) groups is 1. The molecule has 0 N–H and O–H groups in total. The van der Waals surface area contributed by atoms with Gasteiger partial charge in [-0.05, 0) is 56.4 Å². The first-order valence-corrected chi connectivity index (χ1v) is 9.21. The van der Waals surface area contributed by atoms with Crippen LogP contribution in [0.4, 0.5) is 5.69 Å². The summed E-state index contributed by atoms with van der Waals surface area (Å²) in [6.07, 6.45) is 12.3. The van der Waals surface area contributed by atoms with Crippen molar-refractivity contribution >= 4 is 11.9 Å². The Hall–Kier alpha value is -1.97. The second kappa shape index (κ2) is 6.50. The fourth-order valence-corrected chi connectivity index (χ4v) is 4.98. The van der Waals surface area contributed by atoms with Crippen LogP contribution < -0.4 is 0 Å². The molecule has 0 unspecified atom stereocenters. The number of allylic oxidation sites excluding steroid dienone is 1. The molecule has 2 bridgehead atoms. The van der Waals surface area contributed by atoms with Crippen LogP contribution in [0.25, 0.3) is 0 Å². The van der Waals surface area contributed by atoms with E-state index in [4.69, 9.17) is 4.99 Å². The summed E-state index contributed by atoms with van der Waals surface area (Å²) in [6, 6.07) is 7.18. The molecule has 3 aliphatic rings. The van der Waals surface area contributed by atoms with Crippen LogP contribution in [0.5, 0.6) is 0 Å². The maximum Gasteiger partial charge on any atom is 0.270 e. The molecule has 0 radical (unpaired) electrons. The third-order valence-electron chi connectivity index (χ3n) is 6.05. The molecule has 1 aromatic rings. The van der Waals surface area contributed by atoms with Crippen molar-refractivity contribution in [3.05, 3.63) is 51.1 Å². The van der Waals surface area contributed by atoms with Crippen molar-refractivity contribution in [2.45, 2.75) is 57.4 Å². The molecule has 0 spiro atoms. The zero-order valence-corrected chi connectivity index (χ0v) is 14.0. The Morgan fingerprint density at radius 3 is 2.92 bits per heavy atom. The summed E-state index contributed by atoms with van der Waals surface area (Å²) in [5.74, 6) is 1.30. The Balaban J connectivity index is 1.59. The number of hydrogen-bond donors (Lipinski definition) is 0. The van der Waals surface area contributed by atoms with Crippen LogP contribution in [0.3, 0.4) is 0 Å². The van der Waals surface area contributed by atoms with E-state index in [0.29, 0.717) is 17.9 Å². The number of hydrogen-bond acceptors (Lipinski definition) is 3. The van der Waals surface area contributed by atoms with Gasteiger partial charge in [-0.3, -0.25) is 15.1 Å². The summed E-state index contributed by atoms with van der Waals surface area (Å²) in [6.45, 7) is 0. The third-order valence-corrected chi connectivity index (χ3v) is 6.05. The van der Waals surface area contributed by atoms with E-state index in [2.05, 4.69) is 0 Å². The topological polar surface area (TPSA) is 55.5 Å². The highest BCUT2D eigenvalue weighted by Gasteiger charge is 2.40. The average molecular weight is 324 g/mol. The number of benzene rings is 1. The van der Waals surface area contributed by atoms with Crippen LogP contribution in [0.1, 0.15) is 56.9 Å². The highest BCUT2D eigenvalue weighted by Crippen LogP contribution is 2.49. The predicted molar refractivity (Wildman–Crippen MR) is 95.4 cm³/mol. The standard InChI is InChI=1S/C20H24N2O2/c23-22(24)17-8-3-5-14(11-17)13-21-20-16-7-4-10-19(20)18-9-2-1-6-15(18)12-16/h3,5,8,11,13,16,19-20H,1-2,4,6-7,9-10,12H2/t16-,19+,20+/m0/s1. The average Bonchev–Trinajstić information content (AvgIpc) is 2.60. The van der Waals surface area contributed by atoms with Gasteiger partial charge in [0.2, 0.25) is 0 Å². The Morgan fingerprint density at radius 2 is 2.04 bits per heavy atom. The molecule has 0 saturated heterocycles. The molecule has 3 aliphatic carbocycles. The second-order valence-corrected chi connectivity index (χ2v) is 7.46. The summed E-state index contributed by atoms with van der Waals surface area (Å²) in [5, 5.41) is 10.9. The van der Waals surface area contributed by atoms with Crippen molar-refractivity contribution in [1.82, 2.24) is 0 Å². The number of non-ortho nitro benzene ring substituents is 1. The largest absolute Gasteiger partial charge is 0.288 e. The van der Waals surface area contributed by atoms with Crippen molar-refractivity contribution in [3.8, 4) is 0 Å². The molecule has 0 aromatic heterocycles. The lowest BCUT2D eigenvalue weighted by Crippen LogP contribution is -2.38. The lowest BCUT2D eigenvalue weighted by atomic mass is 9.63. The molecular formula is C20H24N2O2. The minimum atomic E-state index is -0.341. The van der Waals surface area contributed by atoms with Gasteiger partial charge in [0, 0.05) is 24.3 Å². The van der Waals surface area contributed by atoms with E-state index in [1.54, 1.807) is 23.3 Å². The van der Waals surface area contributed by atoms with Gasteiger partial charge in [0.15, 0.2) is 0 Å². The number of fused-ring (bicyclic) bond motifs is 3. The smallest absolute Gasteiger partial charge is 0.270 e. The lowest BCUT2D eigenvalue weighted by molar-refractivity contribution is -0.384. The second-order valence-electron chi connectivity index (χ2n) is 7.46. The highest BCUT2D eigenvalue weighted by atomic mass is 16.6. The van der Waals surface area contributed by atoms with Crippen LogP contribution in [0.15, 0.2) is 40.4 Å². The van der Waals surface area contributed by atoms with Crippen molar-refractivity contribution in [1.29, 1.82) is 0 Å². The fraction of sp³-hybridized carbons (Fsp3) is 0.550. The van der Waals surface area contributed by atoms with E-state index >= 15 is 0 Å². The molecule has 4 rings (SSSR count). The molecule has 1 fully saturated rings. The zero-order valence-electron chi connectivity index (χ0n) is 14.0. The Bertz CT molecular complexity index is 707. The fourth-order valence-electron chi connectivity index (χ4n) is 4.98. The van der Waals surface area contributed by atoms with Gasteiger partial charge in [-0.25, -0.2) is 0 Å². The van der Waals surface area contributed by atoms with Gasteiger partial charge < -0.3 is 0 Å². The monoisotopic (exact) mass is 324 g/mol. The van der Waals surface area contributed by atoms with Gasteiger partial charge in [0.25, 0.3) is 5.69 Å². The summed E-state index contributed by atoms with van der Waals surface area (Å²) in [5.41, 5.74) is 4.45. The Labute approximate surface area is 142 Å². The number of nitro benzene ring substituents is 1. The minimum Gasteiger partial charge on any atom is -0.288 e. The molecule has 0 amide bonds. The Kier molecular flexibility index (Phi) is 4.21. The predicted octanol–water partition coefficient (Wildman–Crippen LogP) is 5.07. The van der Waals surface area contributed by atoms with Gasteiger partial charge >= 0.3 is 0 Å². The first kappa shape index (κ1) is 15.6. The molecular weight excluding hydrogens is 300 g/mol. The number of nitrogens with zero attached hydrogens (tertiary/aromatic N) is 2. The number of rotatable bonds is 3. The maximum absolute atomic E-state index is 10.9. The molecule has 24 heavy (non-hydrogen) atoms. The van der Waals surface area contributed by atoms with E-state index in [-0.39, 0.29) is 10.6 Å². The lowest BCUT2D eigenvalue weighted by Gasteiger charge is -2.44. The van der Waals surface area contributed by atoms with Gasteiger partial charge in [0.1, 0.15) is 0 Å². The van der Waals surface area contributed by atoms with E-state index in [1.807, 2.05) is 12.3 Å². The molecule has 0 aliphatic heterocycles. The van der Waals surface area contributed by atoms with E-state index in [0.717, 1.165) is 5.56 Å². The normalized spacial score (nSPS) is 29.6. The third kappa shape index (κ3) is 2.90. The van der Waals surface area contributed by atoms with Gasteiger partial charge in [-0.1, -0.05) is 29.7 Å². The minimum absolute atomic E-state index is 0.139. The van der Waals surface area contributed by atoms with Crippen molar-refractivity contribution in [3.63, 3.8) is 0 Å². The van der Waals surface area contributed by atoms with Crippen molar-refractivity contribution < 1.29 is 4.92 Å². The summed E-state index contributed by atoms with van der Waals surface area (Å²) >= 11 is 0. The zero-order chi connectivity index (χ0) is 16.5. The van der Waals surface area contributed by atoms with Crippen molar-refractivity contribution in [2.24, 2.45) is 16.8 Å². The van der Waals surface area contributed by atoms with Crippen LogP contribution in [-0.2, 0) is 0 Å². The first-order valence-electron chi connectivity index (χ1n) is 9.21. The Morgan fingerprint density at radius 1 is 1.17 bits per heavy atom. The molecule has 4 nitrogen and oxygen atoms in total. The molecule has 4 heteroatoms. The molecule has 126 valence electrons. The SMILES string of the molecule is O=[N+]([O-])c1cccc(C=N[C@@H]2[C@H]3CCC[C@@H]2C2=C(CCCC2)C3)c1. The molecule has 1 aromatic carbocycles. The van der Waals surface area contributed by atoms with Crippen molar-refractivity contribution in [2.75, 3.05) is 0 Å². The summed E-state index contributed by atoms with van der Waals surface area (Å²) in [4.78, 5) is 15.5. The maximum atomic E-state index is 10.9. The van der Waals surface area contributed by atoms with Gasteiger partial charge in [-0.15, -0.1) is 0 Å². The number of nitro groups is 1. The van der Waals surface area contributed by atoms with Crippen LogP contribution in [0, 0.1) is 22.0 Å². The van der Waals surface area contributed by atoms with Gasteiger partial charge in [-0.2, -0.15) is 0 Å². The van der Waals surface area contributed by atoms with Crippen LogP contribution in [-0.4, -0.2) is 17.2 Å². The van der Waals surface area contributed by atoms with E-state index in [9.17, 15) is 10.1 Å². The summed E-state index contributed by atoms with van der Waals surface area (Å²) in [7, 11) is 0. The van der Waals surface area contributed by atoms with Gasteiger partial charge in [0.05, 0.1) is 11.0 Å². The molecule has 3 atom stereocenters.